The molecule has 1 heterocycles. The van der Waals surface area contributed by atoms with Gasteiger partial charge < -0.3 is 14.8 Å². The predicted molar refractivity (Wildman–Crippen MR) is 112 cm³/mol. The number of carbonyl (C=O) groups excluding carboxylic acids is 1. The van der Waals surface area contributed by atoms with Crippen molar-refractivity contribution in [2.45, 2.75) is 25.5 Å². The number of nitrogens with one attached hydrogen (secondary N) is 1. The normalized spacial score (nSPS) is 17.1. The third-order valence-electron chi connectivity index (χ3n) is 4.73. The van der Waals surface area contributed by atoms with E-state index in [1.807, 2.05) is 31.2 Å². The van der Waals surface area contributed by atoms with E-state index in [-0.39, 0.29) is 18.5 Å². The van der Waals surface area contributed by atoms with Gasteiger partial charge in [0.1, 0.15) is 11.5 Å². The fourth-order valence-corrected chi connectivity index (χ4v) is 4.27. The van der Waals surface area contributed by atoms with Crippen molar-refractivity contribution in [3.8, 4) is 11.5 Å². The fourth-order valence-electron chi connectivity index (χ4n) is 3.20. The van der Waals surface area contributed by atoms with Crippen molar-refractivity contribution in [3.05, 3.63) is 53.1 Å². The van der Waals surface area contributed by atoms with Gasteiger partial charge in [0, 0.05) is 5.02 Å². The summed E-state index contributed by atoms with van der Waals surface area (Å²) in [6.07, 6.45) is 0.766. The van der Waals surface area contributed by atoms with Crippen LogP contribution in [0.15, 0.2) is 42.5 Å². The summed E-state index contributed by atoms with van der Waals surface area (Å²) in [5.41, 5.74) is 1.25. The number of hydrogen-bond acceptors (Lipinski definition) is 5. The van der Waals surface area contributed by atoms with Crippen LogP contribution in [-0.2, 0) is 14.8 Å². The molecule has 2 atom stereocenters. The summed E-state index contributed by atoms with van der Waals surface area (Å²) in [6.45, 7) is 1.83. The largest absolute Gasteiger partial charge is 0.497 e. The van der Waals surface area contributed by atoms with E-state index in [1.54, 1.807) is 19.2 Å². The number of sulfonamides is 1. The van der Waals surface area contributed by atoms with Crippen LogP contribution in [0.1, 0.15) is 24.9 Å². The Labute approximate surface area is 175 Å². The van der Waals surface area contributed by atoms with E-state index in [0.29, 0.717) is 22.9 Å². The lowest BCUT2D eigenvalue weighted by Crippen LogP contribution is -2.51. The Kier molecular flexibility index (Phi) is 6.24. The summed E-state index contributed by atoms with van der Waals surface area (Å²) in [6, 6.07) is 11.8. The number of methoxy groups -OCH3 is 1. The van der Waals surface area contributed by atoms with Gasteiger partial charge in [-0.2, -0.15) is 0 Å². The van der Waals surface area contributed by atoms with Crippen LogP contribution in [0.3, 0.4) is 0 Å². The number of hydrogen-bond donors (Lipinski definition) is 1. The average molecular weight is 439 g/mol. The maximum absolute atomic E-state index is 12.9. The maximum Gasteiger partial charge on any atom is 0.263 e. The number of rotatable bonds is 6. The van der Waals surface area contributed by atoms with E-state index in [1.165, 1.54) is 6.07 Å². The van der Waals surface area contributed by atoms with Gasteiger partial charge in [0.15, 0.2) is 6.10 Å². The highest BCUT2D eigenvalue weighted by Crippen LogP contribution is 2.37. The zero-order valence-electron chi connectivity index (χ0n) is 16.4. The maximum atomic E-state index is 12.9. The molecule has 1 amide bonds. The Morgan fingerprint density at radius 1 is 1.31 bits per heavy atom. The summed E-state index contributed by atoms with van der Waals surface area (Å²) in [5.74, 6) is 0.634. The lowest BCUT2D eigenvalue weighted by atomic mass is 10.0. The van der Waals surface area contributed by atoms with Crippen LogP contribution in [0.25, 0.3) is 0 Å². The van der Waals surface area contributed by atoms with Gasteiger partial charge in [0.2, 0.25) is 10.0 Å². The minimum atomic E-state index is -3.62. The predicted octanol–water partition coefficient (Wildman–Crippen LogP) is 3.14. The van der Waals surface area contributed by atoms with Crippen molar-refractivity contribution in [1.82, 2.24) is 5.32 Å². The van der Waals surface area contributed by atoms with Crippen LogP contribution in [0.2, 0.25) is 5.02 Å². The SMILES string of the molecule is CC[C@@H](NC(=O)[C@@H]1CN(S(C)(=O)=O)c2cc(Cl)ccc2O1)c1ccc(OC)cc1. The number of nitrogens with zero attached hydrogens (tertiary/aromatic N) is 1. The summed E-state index contributed by atoms with van der Waals surface area (Å²) >= 11 is 6.00. The van der Waals surface area contributed by atoms with E-state index >= 15 is 0 Å². The summed E-state index contributed by atoms with van der Waals surface area (Å²) in [4.78, 5) is 12.9. The Bertz CT molecular complexity index is 994. The van der Waals surface area contributed by atoms with Crippen LogP contribution >= 0.6 is 11.6 Å². The van der Waals surface area contributed by atoms with Crippen molar-refractivity contribution in [2.24, 2.45) is 0 Å². The molecule has 1 N–H and O–H groups in total. The number of amides is 1. The molecule has 0 radical (unpaired) electrons. The number of anilines is 1. The topological polar surface area (TPSA) is 84.9 Å². The summed E-state index contributed by atoms with van der Waals surface area (Å²) in [7, 11) is -2.03. The molecule has 2 aromatic carbocycles. The average Bonchev–Trinajstić information content (AvgIpc) is 2.70. The molecule has 0 saturated heterocycles. The first-order chi connectivity index (χ1) is 13.7. The van der Waals surface area contributed by atoms with Crippen LogP contribution in [0.5, 0.6) is 11.5 Å². The van der Waals surface area contributed by atoms with Gasteiger partial charge in [-0.1, -0.05) is 30.7 Å². The van der Waals surface area contributed by atoms with Crippen LogP contribution in [0, 0.1) is 0 Å². The number of halogens is 1. The molecule has 2 aromatic rings. The highest BCUT2D eigenvalue weighted by atomic mass is 35.5. The molecule has 0 saturated carbocycles. The van der Waals surface area contributed by atoms with E-state index in [9.17, 15) is 13.2 Å². The van der Waals surface area contributed by atoms with E-state index in [2.05, 4.69) is 5.32 Å². The molecule has 3 rings (SSSR count). The Morgan fingerprint density at radius 2 is 2.00 bits per heavy atom. The zero-order valence-corrected chi connectivity index (χ0v) is 18.0. The summed E-state index contributed by atoms with van der Waals surface area (Å²) < 4.78 is 36.7. The first-order valence-electron chi connectivity index (χ1n) is 9.11. The van der Waals surface area contributed by atoms with Gasteiger partial charge in [-0.25, -0.2) is 8.42 Å². The molecule has 0 aliphatic carbocycles. The van der Waals surface area contributed by atoms with Crippen LogP contribution in [0.4, 0.5) is 5.69 Å². The molecule has 0 unspecified atom stereocenters. The standard InChI is InChI=1S/C20H23ClN2O5S/c1-4-16(13-5-8-15(27-2)9-6-13)22-20(24)19-12-23(29(3,25)26)17-11-14(21)7-10-18(17)28-19/h5-11,16,19H,4,12H2,1-3H3,(H,22,24)/t16-,19+/m1/s1. The summed E-state index contributed by atoms with van der Waals surface area (Å²) in [5, 5.41) is 3.34. The van der Waals surface area contributed by atoms with Crippen LogP contribution in [-0.4, -0.2) is 40.3 Å². The van der Waals surface area contributed by atoms with Gasteiger partial charge in [0.05, 0.1) is 31.6 Å². The molecule has 1 aliphatic heterocycles. The van der Waals surface area contributed by atoms with Gasteiger partial charge >= 0.3 is 0 Å². The highest BCUT2D eigenvalue weighted by molar-refractivity contribution is 7.92. The van der Waals surface area contributed by atoms with Gasteiger partial charge in [-0.15, -0.1) is 0 Å². The number of fused-ring (bicyclic) bond motifs is 1. The minimum Gasteiger partial charge on any atom is -0.497 e. The lowest BCUT2D eigenvalue weighted by Gasteiger charge is -2.34. The third-order valence-corrected chi connectivity index (χ3v) is 6.11. The Balaban J connectivity index is 1.82. The number of benzene rings is 2. The fraction of sp³-hybridized carbons (Fsp3) is 0.350. The van der Waals surface area contributed by atoms with Gasteiger partial charge in [0.25, 0.3) is 5.91 Å². The molecule has 0 spiro atoms. The molecule has 0 aromatic heterocycles. The lowest BCUT2D eigenvalue weighted by molar-refractivity contribution is -0.128. The van der Waals surface area contributed by atoms with Crippen molar-refractivity contribution in [2.75, 3.05) is 24.2 Å². The van der Waals surface area contributed by atoms with Crippen molar-refractivity contribution >= 4 is 33.2 Å². The van der Waals surface area contributed by atoms with E-state index in [0.717, 1.165) is 21.9 Å². The molecule has 9 heteroatoms. The van der Waals surface area contributed by atoms with E-state index in [4.69, 9.17) is 21.1 Å². The molecular formula is C20H23ClN2O5S. The van der Waals surface area contributed by atoms with Crippen molar-refractivity contribution in [1.29, 1.82) is 0 Å². The smallest absolute Gasteiger partial charge is 0.263 e. The highest BCUT2D eigenvalue weighted by Gasteiger charge is 2.35. The second kappa shape index (κ2) is 8.51. The molecule has 156 valence electrons. The van der Waals surface area contributed by atoms with Gasteiger partial charge in [-0.05, 0) is 42.3 Å². The van der Waals surface area contributed by atoms with E-state index < -0.39 is 16.1 Å². The first-order valence-corrected chi connectivity index (χ1v) is 11.3. The van der Waals surface area contributed by atoms with Gasteiger partial charge in [-0.3, -0.25) is 9.10 Å². The van der Waals surface area contributed by atoms with Crippen LogP contribution < -0.4 is 19.1 Å². The second-order valence-corrected chi connectivity index (χ2v) is 9.10. The van der Waals surface area contributed by atoms with Crippen molar-refractivity contribution < 1.29 is 22.7 Å². The first kappa shape index (κ1) is 21.3. The quantitative estimate of drug-likeness (QED) is 0.748. The molecule has 0 bridgehead atoms. The molecular weight excluding hydrogens is 416 g/mol. The number of ether oxygens (including phenoxy) is 2. The van der Waals surface area contributed by atoms with Crippen molar-refractivity contribution in [3.63, 3.8) is 0 Å². The minimum absolute atomic E-state index is 0.128. The number of carbonyl (C=O) groups is 1. The third kappa shape index (κ3) is 4.76. The second-order valence-electron chi connectivity index (χ2n) is 6.76. The molecule has 7 nitrogen and oxygen atoms in total. The molecule has 0 fully saturated rings. The monoisotopic (exact) mass is 438 g/mol. The Morgan fingerprint density at radius 3 is 2.59 bits per heavy atom. The Hall–Kier alpha value is -2.45. The zero-order chi connectivity index (χ0) is 21.2. The molecule has 1 aliphatic rings. The molecule has 29 heavy (non-hydrogen) atoms.